The van der Waals surface area contributed by atoms with E-state index >= 15 is 0 Å². The number of aromatic nitrogens is 1. The molecule has 0 aliphatic rings. The number of halogens is 3. The van der Waals surface area contributed by atoms with Gasteiger partial charge in [-0.3, -0.25) is 4.98 Å². The van der Waals surface area contributed by atoms with E-state index in [1.807, 2.05) is 0 Å². The molecule has 4 nitrogen and oxygen atoms in total. The van der Waals surface area contributed by atoms with Gasteiger partial charge in [-0.2, -0.15) is 8.78 Å². The van der Waals surface area contributed by atoms with Crippen LogP contribution in [-0.2, 0) is 4.79 Å². The molecule has 0 aliphatic carbocycles. The normalized spacial score (nSPS) is 13.6. The lowest BCUT2D eigenvalue weighted by Gasteiger charge is -2.17. The number of carboxylic acids is 1. The lowest BCUT2D eigenvalue weighted by Crippen LogP contribution is -2.35. The third-order valence-electron chi connectivity index (χ3n) is 1.66. The first kappa shape index (κ1) is 12.0. The number of carboxylic acid groups (broad SMARTS) is 1. The zero-order valence-corrected chi connectivity index (χ0v) is 8.78. The van der Waals surface area contributed by atoms with Crippen LogP contribution in [0, 0.1) is 0 Å². The van der Waals surface area contributed by atoms with Gasteiger partial charge in [-0.1, -0.05) is 0 Å². The largest absolute Gasteiger partial charge is 0.477 e. The highest BCUT2D eigenvalue weighted by Gasteiger charge is 2.48. The molecule has 1 heterocycles. The lowest BCUT2D eigenvalue weighted by molar-refractivity contribution is -0.183. The Kier molecular flexibility index (Phi) is 3.35. The fourth-order valence-electron chi connectivity index (χ4n) is 0.852. The van der Waals surface area contributed by atoms with Crippen LogP contribution in [0.4, 0.5) is 8.78 Å². The molecule has 0 radical (unpaired) electrons. The zero-order valence-electron chi connectivity index (χ0n) is 7.19. The number of pyridine rings is 1. The molecule has 0 aromatic carbocycles. The number of alkyl halides is 2. The van der Waals surface area contributed by atoms with Crippen LogP contribution in [0.2, 0.25) is 0 Å². The van der Waals surface area contributed by atoms with E-state index in [4.69, 9.17) is 10.2 Å². The molecule has 2 N–H and O–H groups in total. The van der Waals surface area contributed by atoms with Crippen LogP contribution in [0.15, 0.2) is 22.8 Å². The van der Waals surface area contributed by atoms with Gasteiger partial charge in [0, 0.05) is 10.7 Å². The van der Waals surface area contributed by atoms with E-state index in [2.05, 4.69) is 20.9 Å². The van der Waals surface area contributed by atoms with Crippen LogP contribution in [0.1, 0.15) is 11.8 Å². The summed E-state index contributed by atoms with van der Waals surface area (Å²) in [7, 11) is 0. The molecule has 0 fully saturated rings. The van der Waals surface area contributed by atoms with Gasteiger partial charge in [-0.25, -0.2) is 4.79 Å². The fraction of sp³-hybridized carbons (Fsp3) is 0.250. The van der Waals surface area contributed by atoms with Gasteiger partial charge in [-0.05, 0) is 28.1 Å². The number of aliphatic hydroxyl groups excluding tert-OH is 1. The van der Waals surface area contributed by atoms with Gasteiger partial charge in [0.1, 0.15) is 0 Å². The monoisotopic (exact) mass is 281 g/mol. The van der Waals surface area contributed by atoms with Crippen molar-refractivity contribution < 1.29 is 23.8 Å². The summed E-state index contributed by atoms with van der Waals surface area (Å²) in [5.41, 5.74) is -0.398. The zero-order chi connectivity index (χ0) is 11.6. The Balaban J connectivity index is 2.99. The Morgan fingerprint density at radius 2 is 2.13 bits per heavy atom. The van der Waals surface area contributed by atoms with E-state index in [0.29, 0.717) is 4.47 Å². The Morgan fingerprint density at radius 1 is 1.53 bits per heavy atom. The van der Waals surface area contributed by atoms with Gasteiger partial charge >= 0.3 is 11.9 Å². The van der Waals surface area contributed by atoms with Crippen molar-refractivity contribution in [1.82, 2.24) is 4.98 Å². The molecule has 15 heavy (non-hydrogen) atoms. The second-order valence-electron chi connectivity index (χ2n) is 2.73. The molecule has 82 valence electrons. The maximum Gasteiger partial charge on any atom is 0.377 e. The van der Waals surface area contributed by atoms with Crippen molar-refractivity contribution in [2.75, 3.05) is 0 Å². The molecule has 1 rings (SSSR count). The van der Waals surface area contributed by atoms with Gasteiger partial charge in [0.25, 0.3) is 0 Å². The van der Waals surface area contributed by atoms with Crippen LogP contribution in [0.25, 0.3) is 0 Å². The van der Waals surface area contributed by atoms with Crippen molar-refractivity contribution in [1.29, 1.82) is 0 Å². The van der Waals surface area contributed by atoms with Gasteiger partial charge in [0.15, 0.2) is 6.10 Å². The van der Waals surface area contributed by atoms with Crippen molar-refractivity contribution in [3.63, 3.8) is 0 Å². The highest BCUT2D eigenvalue weighted by molar-refractivity contribution is 9.10. The number of aliphatic hydroxyl groups is 1. The van der Waals surface area contributed by atoms with E-state index < -0.39 is 23.7 Å². The third kappa shape index (κ3) is 2.48. The molecule has 1 atom stereocenters. The summed E-state index contributed by atoms with van der Waals surface area (Å²) in [6.45, 7) is 0. The third-order valence-corrected chi connectivity index (χ3v) is 2.13. The van der Waals surface area contributed by atoms with Crippen LogP contribution < -0.4 is 0 Å². The highest BCUT2D eigenvalue weighted by Crippen LogP contribution is 2.30. The van der Waals surface area contributed by atoms with Gasteiger partial charge in [0.05, 0.1) is 5.69 Å². The van der Waals surface area contributed by atoms with Crippen LogP contribution >= 0.6 is 15.9 Å². The number of nitrogens with zero attached hydrogens (tertiary/aromatic N) is 1. The van der Waals surface area contributed by atoms with E-state index in [0.717, 1.165) is 6.07 Å². The summed E-state index contributed by atoms with van der Waals surface area (Å²) in [4.78, 5) is 13.6. The molecule has 7 heteroatoms. The lowest BCUT2D eigenvalue weighted by atomic mass is 10.1. The van der Waals surface area contributed by atoms with Crippen LogP contribution in [-0.4, -0.2) is 27.1 Å². The van der Waals surface area contributed by atoms with E-state index in [-0.39, 0.29) is 0 Å². The minimum Gasteiger partial charge on any atom is -0.477 e. The van der Waals surface area contributed by atoms with Crippen molar-refractivity contribution in [2.24, 2.45) is 0 Å². The quantitative estimate of drug-likeness (QED) is 0.883. The maximum absolute atomic E-state index is 12.8. The van der Waals surface area contributed by atoms with Crippen molar-refractivity contribution >= 4 is 21.9 Å². The molecule has 0 saturated heterocycles. The second kappa shape index (κ2) is 4.19. The first-order valence-corrected chi connectivity index (χ1v) is 4.55. The molecule has 0 saturated carbocycles. The molecule has 1 aromatic heterocycles. The van der Waals surface area contributed by atoms with Gasteiger partial charge in [0.2, 0.25) is 0 Å². The maximum atomic E-state index is 12.8. The van der Waals surface area contributed by atoms with Gasteiger partial charge < -0.3 is 10.2 Å². The van der Waals surface area contributed by atoms with Gasteiger partial charge in [-0.15, -0.1) is 0 Å². The Morgan fingerprint density at radius 3 is 2.53 bits per heavy atom. The van der Waals surface area contributed by atoms with Crippen molar-refractivity contribution in [3.8, 4) is 0 Å². The average Bonchev–Trinajstić information content (AvgIpc) is 2.17. The molecule has 0 amide bonds. The minimum absolute atomic E-state index is 0.398. The molecular weight excluding hydrogens is 276 g/mol. The Bertz CT molecular complexity index is 369. The number of hydrogen-bond donors (Lipinski definition) is 2. The summed E-state index contributed by atoms with van der Waals surface area (Å²) >= 11 is 3.03. The van der Waals surface area contributed by atoms with Crippen LogP contribution in [0.5, 0.6) is 0 Å². The standard InChI is InChI=1S/C8H6BrF2NO3/c9-4-1-2-5(12-3-4)6(13)8(10,11)7(14)15/h1-3,6,13H,(H,14,15). The number of hydrogen-bond acceptors (Lipinski definition) is 3. The number of rotatable bonds is 3. The average molecular weight is 282 g/mol. The summed E-state index contributed by atoms with van der Waals surface area (Å²) in [6, 6.07) is 2.50. The number of aliphatic carboxylic acids is 1. The summed E-state index contributed by atoms with van der Waals surface area (Å²) < 4.78 is 26.2. The number of carbonyl (C=O) groups is 1. The first-order chi connectivity index (χ1) is 6.85. The van der Waals surface area contributed by atoms with Crippen molar-refractivity contribution in [2.45, 2.75) is 12.0 Å². The summed E-state index contributed by atoms with van der Waals surface area (Å²) in [6.07, 6.45) is -1.26. The summed E-state index contributed by atoms with van der Waals surface area (Å²) in [5, 5.41) is 17.3. The Hall–Kier alpha value is -1.08. The molecule has 1 aromatic rings. The molecule has 0 aliphatic heterocycles. The smallest absolute Gasteiger partial charge is 0.377 e. The summed E-state index contributed by atoms with van der Waals surface area (Å²) in [5.74, 6) is -6.64. The SMILES string of the molecule is O=C(O)C(F)(F)C(O)c1ccc(Br)cn1. The first-order valence-electron chi connectivity index (χ1n) is 3.76. The topological polar surface area (TPSA) is 70.4 Å². The fourth-order valence-corrected chi connectivity index (χ4v) is 1.09. The second-order valence-corrected chi connectivity index (χ2v) is 3.65. The van der Waals surface area contributed by atoms with E-state index in [1.54, 1.807) is 0 Å². The minimum atomic E-state index is -4.25. The molecule has 1 unspecified atom stereocenters. The van der Waals surface area contributed by atoms with Crippen LogP contribution in [0.3, 0.4) is 0 Å². The highest BCUT2D eigenvalue weighted by atomic mass is 79.9. The van der Waals surface area contributed by atoms with Crippen molar-refractivity contribution in [3.05, 3.63) is 28.5 Å². The predicted octanol–water partition coefficient (Wildman–Crippen LogP) is 1.60. The molecule has 0 bridgehead atoms. The van der Waals surface area contributed by atoms with E-state index in [1.165, 1.54) is 12.3 Å². The molecule has 0 spiro atoms. The predicted molar refractivity (Wildman–Crippen MR) is 49.5 cm³/mol. The Labute approximate surface area is 91.7 Å². The van der Waals surface area contributed by atoms with E-state index in [9.17, 15) is 13.6 Å². The molecular formula is C8H6BrF2NO3.